The van der Waals surface area contributed by atoms with Crippen LogP contribution in [0.1, 0.15) is 20.3 Å². The van der Waals surface area contributed by atoms with E-state index in [1.54, 1.807) is 19.1 Å². The van der Waals surface area contributed by atoms with Gasteiger partial charge in [-0.3, -0.25) is 9.59 Å². The van der Waals surface area contributed by atoms with E-state index in [1.807, 2.05) is 19.1 Å². The number of hydrogen-bond donors (Lipinski definition) is 2. The predicted molar refractivity (Wildman–Crippen MR) is 81.5 cm³/mol. The number of carbonyl (C=O) groups excluding carboxylic acids is 2. The lowest BCUT2D eigenvalue weighted by atomic mass is 9.82. The van der Waals surface area contributed by atoms with Crippen LogP contribution in [0, 0.1) is 11.8 Å². The van der Waals surface area contributed by atoms with Crippen LogP contribution >= 0.6 is 0 Å². The minimum atomic E-state index is -0.693. The van der Waals surface area contributed by atoms with E-state index in [0.717, 1.165) is 11.4 Å². The Labute approximate surface area is 124 Å². The summed E-state index contributed by atoms with van der Waals surface area (Å²) in [5.41, 5.74) is 7.99. The molecule has 0 saturated carbocycles. The standard InChI is InChI=1S/C16H20N2O3/c1-3-21-16(20)15-10(2)8-13(9-14(15)19)18-12-6-4-11(17)5-7-12/h4-7,9-10,15,18H,3,8,17H2,1-2H3/t10-,15+/m1/s1. The smallest absolute Gasteiger partial charge is 0.317 e. The normalized spacial score (nSPS) is 21.6. The molecule has 3 N–H and O–H groups in total. The molecule has 21 heavy (non-hydrogen) atoms. The zero-order valence-electron chi connectivity index (χ0n) is 12.3. The molecule has 5 heteroatoms. The highest BCUT2D eigenvalue weighted by molar-refractivity contribution is 6.06. The van der Waals surface area contributed by atoms with Gasteiger partial charge in [0.2, 0.25) is 0 Å². The second-order valence-corrected chi connectivity index (χ2v) is 5.23. The second-order valence-electron chi connectivity index (χ2n) is 5.23. The zero-order valence-corrected chi connectivity index (χ0v) is 12.3. The maximum atomic E-state index is 12.1. The lowest BCUT2D eigenvalue weighted by Gasteiger charge is -2.26. The number of benzene rings is 1. The third kappa shape index (κ3) is 3.62. The average molecular weight is 288 g/mol. The molecule has 2 rings (SSSR count). The molecule has 0 amide bonds. The Morgan fingerprint density at radius 3 is 2.62 bits per heavy atom. The third-order valence-corrected chi connectivity index (χ3v) is 3.49. The zero-order chi connectivity index (χ0) is 15.4. The lowest BCUT2D eigenvalue weighted by Crippen LogP contribution is -2.34. The third-order valence-electron chi connectivity index (χ3n) is 3.49. The summed E-state index contributed by atoms with van der Waals surface area (Å²) in [5, 5.41) is 3.19. The number of anilines is 2. The van der Waals surface area contributed by atoms with Crippen LogP contribution < -0.4 is 11.1 Å². The number of rotatable bonds is 4. The molecule has 0 unspecified atom stereocenters. The highest BCUT2D eigenvalue weighted by Gasteiger charge is 2.36. The summed E-state index contributed by atoms with van der Waals surface area (Å²) in [6.07, 6.45) is 2.12. The maximum Gasteiger partial charge on any atom is 0.317 e. The van der Waals surface area contributed by atoms with Gasteiger partial charge in [0.05, 0.1) is 6.61 Å². The highest BCUT2D eigenvalue weighted by atomic mass is 16.5. The molecule has 1 aromatic carbocycles. The first-order chi connectivity index (χ1) is 10.0. The number of nitrogen functional groups attached to an aromatic ring is 1. The molecule has 0 fully saturated rings. The highest BCUT2D eigenvalue weighted by Crippen LogP contribution is 2.29. The van der Waals surface area contributed by atoms with Gasteiger partial charge in [-0.1, -0.05) is 6.92 Å². The Kier molecular flexibility index (Phi) is 4.62. The molecule has 0 heterocycles. The molecule has 2 atom stereocenters. The SMILES string of the molecule is CCOC(=O)[C@@H]1C(=O)C=C(Nc2ccc(N)cc2)C[C@H]1C. The van der Waals surface area contributed by atoms with Crippen LogP contribution in [0.5, 0.6) is 0 Å². The van der Waals surface area contributed by atoms with Gasteiger partial charge in [-0.05, 0) is 43.5 Å². The van der Waals surface area contributed by atoms with Crippen molar-refractivity contribution in [2.45, 2.75) is 20.3 Å². The molecule has 1 aliphatic carbocycles. The number of ether oxygens (including phenoxy) is 1. The van der Waals surface area contributed by atoms with E-state index in [2.05, 4.69) is 5.32 Å². The Morgan fingerprint density at radius 1 is 1.38 bits per heavy atom. The first-order valence-electron chi connectivity index (χ1n) is 7.05. The summed E-state index contributed by atoms with van der Waals surface area (Å²) in [4.78, 5) is 24.0. The quantitative estimate of drug-likeness (QED) is 0.505. The van der Waals surface area contributed by atoms with E-state index in [4.69, 9.17) is 10.5 Å². The van der Waals surface area contributed by atoms with E-state index >= 15 is 0 Å². The van der Waals surface area contributed by atoms with Crippen molar-refractivity contribution in [3.8, 4) is 0 Å². The van der Waals surface area contributed by atoms with Crippen LogP contribution in [0.4, 0.5) is 11.4 Å². The van der Waals surface area contributed by atoms with Crippen LogP contribution in [0.25, 0.3) is 0 Å². The van der Waals surface area contributed by atoms with Gasteiger partial charge < -0.3 is 15.8 Å². The van der Waals surface area contributed by atoms with Crippen molar-refractivity contribution in [3.63, 3.8) is 0 Å². The monoisotopic (exact) mass is 288 g/mol. The van der Waals surface area contributed by atoms with E-state index < -0.39 is 11.9 Å². The molecule has 0 aliphatic heterocycles. The van der Waals surface area contributed by atoms with Crippen LogP contribution in [0.3, 0.4) is 0 Å². The Bertz CT molecular complexity index is 563. The Balaban J connectivity index is 2.10. The van der Waals surface area contributed by atoms with Gasteiger partial charge in [-0.25, -0.2) is 0 Å². The van der Waals surface area contributed by atoms with Gasteiger partial charge in [0.25, 0.3) is 0 Å². The van der Waals surface area contributed by atoms with Crippen molar-refractivity contribution in [1.29, 1.82) is 0 Å². The topological polar surface area (TPSA) is 81.4 Å². The number of nitrogens with one attached hydrogen (secondary N) is 1. The molecule has 112 valence electrons. The van der Waals surface area contributed by atoms with Crippen LogP contribution in [0.15, 0.2) is 36.0 Å². The van der Waals surface area contributed by atoms with Crippen molar-refractivity contribution < 1.29 is 14.3 Å². The van der Waals surface area contributed by atoms with Crippen molar-refractivity contribution in [2.75, 3.05) is 17.7 Å². The Morgan fingerprint density at radius 2 is 2.05 bits per heavy atom. The molecule has 0 bridgehead atoms. The van der Waals surface area contributed by atoms with Crippen LogP contribution in [0.2, 0.25) is 0 Å². The van der Waals surface area contributed by atoms with Crippen molar-refractivity contribution in [3.05, 3.63) is 36.0 Å². The van der Waals surface area contributed by atoms with Gasteiger partial charge in [-0.2, -0.15) is 0 Å². The minimum Gasteiger partial charge on any atom is -0.465 e. The molecule has 0 spiro atoms. The first kappa shape index (κ1) is 15.1. The van der Waals surface area contributed by atoms with Gasteiger partial charge >= 0.3 is 5.97 Å². The fraction of sp³-hybridized carbons (Fsp3) is 0.375. The molecule has 5 nitrogen and oxygen atoms in total. The lowest BCUT2D eigenvalue weighted by molar-refractivity contribution is -0.152. The molecule has 1 aliphatic rings. The average Bonchev–Trinajstić information content (AvgIpc) is 2.41. The summed E-state index contributed by atoms with van der Waals surface area (Å²) in [5.74, 6) is -1.41. The molecule has 0 saturated heterocycles. The van der Waals surface area contributed by atoms with E-state index in [-0.39, 0.29) is 18.3 Å². The van der Waals surface area contributed by atoms with Crippen LogP contribution in [-0.4, -0.2) is 18.4 Å². The predicted octanol–water partition coefficient (Wildman–Crippen LogP) is 2.35. The summed E-state index contributed by atoms with van der Waals surface area (Å²) >= 11 is 0. The van der Waals surface area contributed by atoms with Crippen molar-refractivity contribution >= 4 is 23.1 Å². The van der Waals surface area contributed by atoms with E-state index in [1.165, 1.54) is 6.08 Å². The second kappa shape index (κ2) is 6.43. The molecular formula is C16H20N2O3. The number of carbonyl (C=O) groups is 2. The molecule has 0 radical (unpaired) electrons. The number of ketones is 1. The first-order valence-corrected chi connectivity index (χ1v) is 7.05. The Hall–Kier alpha value is -2.30. The summed E-state index contributed by atoms with van der Waals surface area (Å²) in [6.45, 7) is 3.91. The summed E-state index contributed by atoms with van der Waals surface area (Å²) < 4.78 is 4.97. The number of allylic oxidation sites excluding steroid dienone is 2. The fourth-order valence-corrected chi connectivity index (χ4v) is 2.49. The fourth-order valence-electron chi connectivity index (χ4n) is 2.49. The van der Waals surface area contributed by atoms with E-state index in [9.17, 15) is 9.59 Å². The largest absolute Gasteiger partial charge is 0.465 e. The van der Waals surface area contributed by atoms with Gasteiger partial charge in [0, 0.05) is 23.1 Å². The van der Waals surface area contributed by atoms with Crippen LogP contribution in [-0.2, 0) is 14.3 Å². The maximum absolute atomic E-state index is 12.1. The summed E-state index contributed by atoms with van der Waals surface area (Å²) in [6, 6.07) is 7.28. The van der Waals surface area contributed by atoms with Crippen molar-refractivity contribution in [2.24, 2.45) is 11.8 Å². The van der Waals surface area contributed by atoms with E-state index in [0.29, 0.717) is 12.1 Å². The van der Waals surface area contributed by atoms with Gasteiger partial charge in [0.1, 0.15) is 5.92 Å². The van der Waals surface area contributed by atoms with Gasteiger partial charge in [0.15, 0.2) is 5.78 Å². The van der Waals surface area contributed by atoms with Gasteiger partial charge in [-0.15, -0.1) is 0 Å². The number of hydrogen-bond acceptors (Lipinski definition) is 5. The molecular weight excluding hydrogens is 268 g/mol. The van der Waals surface area contributed by atoms with Crippen molar-refractivity contribution in [1.82, 2.24) is 0 Å². The minimum absolute atomic E-state index is 0.0853. The number of nitrogens with two attached hydrogens (primary N) is 1. The number of esters is 1. The summed E-state index contributed by atoms with van der Waals surface area (Å²) in [7, 11) is 0. The molecule has 1 aromatic rings. The molecule has 0 aromatic heterocycles.